The Bertz CT molecular complexity index is 291. The van der Waals surface area contributed by atoms with Crippen molar-refractivity contribution in [1.82, 2.24) is 0 Å². The molecule has 1 amide bonds. The molecule has 0 aliphatic carbocycles. The predicted octanol–water partition coefficient (Wildman–Crippen LogP) is 1.23. The lowest BCUT2D eigenvalue weighted by Gasteiger charge is -1.95. The molecule has 0 fully saturated rings. The number of carbonyl (C=O) groups excluding carboxylic acids is 1. The minimum atomic E-state index is -0.440. The maximum atomic E-state index is 10.6. The van der Waals surface area contributed by atoms with Crippen LogP contribution in [0.15, 0.2) is 24.8 Å². The lowest BCUT2D eigenvalue weighted by molar-refractivity contribution is 0.100. The van der Waals surface area contributed by atoms with Crippen LogP contribution in [0.5, 0.6) is 0 Å². The van der Waals surface area contributed by atoms with Crippen molar-refractivity contribution in [3.05, 3.63) is 42.0 Å². The Morgan fingerprint density at radius 1 is 1.64 bits per heavy atom. The van der Waals surface area contributed by atoms with Crippen molar-refractivity contribution in [3.63, 3.8) is 0 Å². The van der Waals surface area contributed by atoms with Gasteiger partial charge in [-0.3, -0.25) is 4.79 Å². The van der Waals surface area contributed by atoms with E-state index >= 15 is 0 Å². The second kappa shape index (κ2) is 3.01. The van der Waals surface area contributed by atoms with Gasteiger partial charge in [-0.25, -0.2) is 0 Å². The third kappa shape index (κ3) is 1.67. The van der Waals surface area contributed by atoms with Gasteiger partial charge in [0.2, 0.25) is 5.91 Å². The topological polar surface area (TPSA) is 43.1 Å². The molecule has 0 spiro atoms. The maximum Gasteiger partial charge on any atom is 0.248 e. The fraction of sp³-hybridized carbons (Fsp3) is 0. The number of primary amides is 1. The fourth-order valence-corrected chi connectivity index (χ4v) is 0.751. The molecule has 0 bridgehead atoms. The highest BCUT2D eigenvalue weighted by Gasteiger charge is 1.98. The standard InChI is InChI=1S/C9H8NO/c1-2-7-4-3-5-8(6-7)9(10)11/h2,4-6H,1H2,(H2,10,11). The first kappa shape index (κ1) is 7.54. The molecule has 1 rings (SSSR count). The minimum Gasteiger partial charge on any atom is -0.366 e. The van der Waals surface area contributed by atoms with Gasteiger partial charge in [-0.2, -0.15) is 0 Å². The van der Waals surface area contributed by atoms with Crippen molar-refractivity contribution in [2.45, 2.75) is 0 Å². The average molecular weight is 146 g/mol. The number of carbonyl (C=O) groups is 1. The van der Waals surface area contributed by atoms with E-state index in [0.29, 0.717) is 5.56 Å². The highest BCUT2D eigenvalue weighted by Crippen LogP contribution is 2.04. The van der Waals surface area contributed by atoms with Crippen molar-refractivity contribution in [3.8, 4) is 0 Å². The molecule has 0 heterocycles. The van der Waals surface area contributed by atoms with Crippen molar-refractivity contribution in [1.29, 1.82) is 0 Å². The number of amides is 1. The van der Waals surface area contributed by atoms with E-state index in [0.717, 1.165) is 5.56 Å². The molecule has 2 heteroatoms. The first-order valence-corrected chi connectivity index (χ1v) is 3.17. The van der Waals surface area contributed by atoms with E-state index in [9.17, 15) is 4.79 Å². The molecule has 55 valence electrons. The van der Waals surface area contributed by atoms with Gasteiger partial charge < -0.3 is 5.73 Å². The Morgan fingerprint density at radius 2 is 2.36 bits per heavy atom. The smallest absolute Gasteiger partial charge is 0.248 e. The van der Waals surface area contributed by atoms with Crippen molar-refractivity contribution in [2.24, 2.45) is 5.73 Å². The van der Waals surface area contributed by atoms with Crippen LogP contribution in [-0.4, -0.2) is 5.91 Å². The third-order valence-corrected chi connectivity index (χ3v) is 1.33. The van der Waals surface area contributed by atoms with Crippen LogP contribution in [0, 0.1) is 6.07 Å². The summed E-state index contributed by atoms with van der Waals surface area (Å²) in [5.41, 5.74) is 6.35. The van der Waals surface area contributed by atoms with Crippen molar-refractivity contribution >= 4 is 12.0 Å². The van der Waals surface area contributed by atoms with Crippen molar-refractivity contribution < 1.29 is 4.79 Å². The third-order valence-electron chi connectivity index (χ3n) is 1.33. The highest BCUT2D eigenvalue weighted by molar-refractivity contribution is 5.93. The molecule has 0 aliphatic rings. The van der Waals surface area contributed by atoms with E-state index < -0.39 is 5.91 Å². The molecular formula is C9H8NO. The van der Waals surface area contributed by atoms with Crippen LogP contribution >= 0.6 is 0 Å². The first-order valence-electron chi connectivity index (χ1n) is 3.17. The van der Waals surface area contributed by atoms with Crippen LogP contribution in [0.1, 0.15) is 15.9 Å². The monoisotopic (exact) mass is 146 g/mol. The summed E-state index contributed by atoms with van der Waals surface area (Å²) in [6, 6.07) is 7.75. The second-order valence-corrected chi connectivity index (χ2v) is 2.12. The van der Waals surface area contributed by atoms with Gasteiger partial charge in [0.1, 0.15) is 0 Å². The normalized spacial score (nSPS) is 9.09. The fourth-order valence-electron chi connectivity index (χ4n) is 0.751. The van der Waals surface area contributed by atoms with Gasteiger partial charge >= 0.3 is 0 Å². The number of rotatable bonds is 2. The Balaban J connectivity index is 3.10. The SMILES string of the molecule is C=Cc1c[c]cc(C(N)=O)c1. The number of hydrogen-bond acceptors (Lipinski definition) is 1. The van der Waals surface area contributed by atoms with Crippen LogP contribution in [0.3, 0.4) is 0 Å². The molecule has 1 radical (unpaired) electrons. The molecule has 2 N–H and O–H groups in total. The van der Waals surface area contributed by atoms with Gasteiger partial charge in [-0.05, 0) is 29.8 Å². The van der Waals surface area contributed by atoms with Gasteiger partial charge in [0.15, 0.2) is 0 Å². The van der Waals surface area contributed by atoms with Crippen LogP contribution in [0.25, 0.3) is 6.08 Å². The Kier molecular flexibility index (Phi) is 2.06. The summed E-state index contributed by atoms with van der Waals surface area (Å²) in [6.45, 7) is 3.56. The molecule has 0 atom stereocenters. The Labute approximate surface area is 65.3 Å². The van der Waals surface area contributed by atoms with E-state index in [-0.39, 0.29) is 0 Å². The van der Waals surface area contributed by atoms with Crippen molar-refractivity contribution in [2.75, 3.05) is 0 Å². The lowest BCUT2D eigenvalue weighted by atomic mass is 10.1. The molecule has 0 saturated carbocycles. The summed E-state index contributed by atoms with van der Waals surface area (Å²) in [7, 11) is 0. The molecular weight excluding hydrogens is 138 g/mol. The zero-order chi connectivity index (χ0) is 8.27. The maximum absolute atomic E-state index is 10.6. The summed E-state index contributed by atoms with van der Waals surface area (Å²) < 4.78 is 0. The summed E-state index contributed by atoms with van der Waals surface area (Å²) in [5, 5.41) is 0. The van der Waals surface area contributed by atoms with E-state index in [2.05, 4.69) is 12.6 Å². The molecule has 2 nitrogen and oxygen atoms in total. The highest BCUT2D eigenvalue weighted by atomic mass is 16.1. The quantitative estimate of drug-likeness (QED) is 0.670. The molecule has 0 aliphatic heterocycles. The van der Waals surface area contributed by atoms with Gasteiger partial charge in [-0.1, -0.05) is 12.7 Å². The number of benzene rings is 1. The average Bonchev–Trinajstić information content (AvgIpc) is 2.05. The Morgan fingerprint density at radius 3 is 2.91 bits per heavy atom. The van der Waals surface area contributed by atoms with Crippen LogP contribution in [-0.2, 0) is 0 Å². The van der Waals surface area contributed by atoms with Gasteiger partial charge in [0, 0.05) is 5.56 Å². The molecule has 0 unspecified atom stereocenters. The molecule has 1 aromatic rings. The van der Waals surface area contributed by atoms with E-state index in [1.807, 2.05) is 0 Å². The predicted molar refractivity (Wildman–Crippen MR) is 43.9 cm³/mol. The van der Waals surface area contributed by atoms with Gasteiger partial charge in [-0.15, -0.1) is 0 Å². The largest absolute Gasteiger partial charge is 0.366 e. The number of hydrogen-bond donors (Lipinski definition) is 1. The molecule has 0 aromatic heterocycles. The van der Waals surface area contributed by atoms with E-state index in [1.165, 1.54) is 0 Å². The van der Waals surface area contributed by atoms with Gasteiger partial charge in [0.05, 0.1) is 0 Å². The molecule has 0 saturated heterocycles. The minimum absolute atomic E-state index is 0.440. The first-order chi connectivity index (χ1) is 5.24. The van der Waals surface area contributed by atoms with Crippen LogP contribution in [0.2, 0.25) is 0 Å². The van der Waals surface area contributed by atoms with Crippen LogP contribution in [0.4, 0.5) is 0 Å². The summed E-state index contributed by atoms with van der Waals surface area (Å²) in [5.74, 6) is -0.440. The van der Waals surface area contributed by atoms with E-state index in [1.54, 1.807) is 24.3 Å². The lowest BCUT2D eigenvalue weighted by Crippen LogP contribution is -2.10. The summed E-state index contributed by atoms with van der Waals surface area (Å²) in [4.78, 5) is 10.6. The van der Waals surface area contributed by atoms with E-state index in [4.69, 9.17) is 5.73 Å². The molecule has 11 heavy (non-hydrogen) atoms. The van der Waals surface area contributed by atoms with Gasteiger partial charge in [0.25, 0.3) is 0 Å². The Hall–Kier alpha value is -1.57. The zero-order valence-electron chi connectivity index (χ0n) is 6.00. The molecule has 1 aromatic carbocycles. The number of nitrogens with two attached hydrogens (primary N) is 1. The zero-order valence-corrected chi connectivity index (χ0v) is 6.00. The second-order valence-electron chi connectivity index (χ2n) is 2.12. The summed E-state index contributed by atoms with van der Waals surface area (Å²) >= 11 is 0. The summed E-state index contributed by atoms with van der Waals surface area (Å²) in [6.07, 6.45) is 1.64. The van der Waals surface area contributed by atoms with Crippen LogP contribution < -0.4 is 5.73 Å².